The number of phenolic OH excluding ortho intramolecular Hbond substituents is 1. The Morgan fingerprint density at radius 1 is 0.968 bits per heavy atom. The number of sulfonamides is 1. The minimum atomic E-state index is -3.84. The van der Waals surface area contributed by atoms with Crippen molar-refractivity contribution in [1.82, 2.24) is 0 Å². The third kappa shape index (κ3) is 5.40. The maximum absolute atomic E-state index is 12.9. The lowest BCUT2D eigenvalue weighted by atomic mass is 10.2. The fourth-order valence-electron chi connectivity index (χ4n) is 2.71. The van der Waals surface area contributed by atoms with Crippen LogP contribution in [0.5, 0.6) is 5.75 Å². The standard InChI is InChI=1S/C22H20N2O6S/c1-24(18-9-3-2-4-10-18)31(28,29)20-12-6-8-17(14-20)23-21(26)15-30-22(27)16-7-5-11-19(25)13-16/h2-14,25H,15H2,1H3,(H,23,26). The molecule has 0 saturated heterocycles. The minimum Gasteiger partial charge on any atom is -0.508 e. The van der Waals surface area contributed by atoms with Crippen molar-refractivity contribution < 1.29 is 27.9 Å². The number of hydrogen-bond donors (Lipinski definition) is 2. The van der Waals surface area contributed by atoms with Crippen molar-refractivity contribution in [3.05, 3.63) is 84.4 Å². The highest BCUT2D eigenvalue weighted by atomic mass is 32.2. The van der Waals surface area contributed by atoms with Gasteiger partial charge in [0, 0.05) is 12.7 Å². The summed E-state index contributed by atoms with van der Waals surface area (Å²) in [4.78, 5) is 24.1. The van der Waals surface area contributed by atoms with Gasteiger partial charge in [0.2, 0.25) is 0 Å². The summed E-state index contributed by atoms with van der Waals surface area (Å²) in [5, 5.41) is 11.9. The number of rotatable bonds is 7. The zero-order valence-corrected chi connectivity index (χ0v) is 17.4. The van der Waals surface area contributed by atoms with E-state index in [2.05, 4.69) is 5.32 Å². The van der Waals surface area contributed by atoms with Gasteiger partial charge in [0.15, 0.2) is 6.61 Å². The molecule has 8 nitrogen and oxygen atoms in total. The van der Waals surface area contributed by atoms with E-state index < -0.39 is 28.5 Å². The maximum atomic E-state index is 12.9. The van der Waals surface area contributed by atoms with Crippen LogP contribution in [-0.2, 0) is 19.6 Å². The number of aromatic hydroxyl groups is 1. The predicted octanol–water partition coefficient (Wildman–Crippen LogP) is 3.01. The Labute approximate surface area is 179 Å². The quantitative estimate of drug-likeness (QED) is 0.546. The van der Waals surface area contributed by atoms with Crippen molar-refractivity contribution in [2.24, 2.45) is 0 Å². The largest absolute Gasteiger partial charge is 0.508 e. The minimum absolute atomic E-state index is 0.00610. The molecular weight excluding hydrogens is 420 g/mol. The molecule has 0 atom stereocenters. The highest BCUT2D eigenvalue weighted by molar-refractivity contribution is 7.92. The lowest BCUT2D eigenvalue weighted by Crippen LogP contribution is -2.26. The summed E-state index contributed by atoms with van der Waals surface area (Å²) in [5.41, 5.74) is 0.835. The molecule has 0 fully saturated rings. The number of phenols is 1. The van der Waals surface area contributed by atoms with Crippen LogP contribution in [-0.4, -0.2) is 39.1 Å². The van der Waals surface area contributed by atoms with Gasteiger partial charge in [0.25, 0.3) is 15.9 Å². The third-order valence-electron chi connectivity index (χ3n) is 4.31. The van der Waals surface area contributed by atoms with E-state index in [-0.39, 0.29) is 21.9 Å². The number of esters is 1. The summed E-state index contributed by atoms with van der Waals surface area (Å²) < 4.78 is 31.9. The van der Waals surface area contributed by atoms with Gasteiger partial charge >= 0.3 is 5.97 Å². The van der Waals surface area contributed by atoms with E-state index in [1.54, 1.807) is 30.3 Å². The highest BCUT2D eigenvalue weighted by Crippen LogP contribution is 2.23. The van der Waals surface area contributed by atoms with E-state index in [9.17, 15) is 23.1 Å². The van der Waals surface area contributed by atoms with E-state index in [0.29, 0.717) is 5.69 Å². The van der Waals surface area contributed by atoms with E-state index in [1.807, 2.05) is 0 Å². The Hall–Kier alpha value is -3.85. The Balaban J connectivity index is 1.66. The molecule has 0 aliphatic heterocycles. The summed E-state index contributed by atoms with van der Waals surface area (Å²) in [5.74, 6) is -1.51. The number of amides is 1. The molecule has 0 heterocycles. The SMILES string of the molecule is CN(c1ccccc1)S(=O)(=O)c1cccc(NC(=O)COC(=O)c2cccc(O)c2)c1. The molecule has 1 amide bonds. The first kappa shape index (κ1) is 21.8. The molecule has 2 N–H and O–H groups in total. The van der Waals surface area contributed by atoms with Crippen LogP contribution in [0.2, 0.25) is 0 Å². The summed E-state index contributed by atoms with van der Waals surface area (Å²) >= 11 is 0. The Bertz CT molecular complexity index is 1200. The zero-order valence-electron chi connectivity index (χ0n) is 16.6. The van der Waals surface area contributed by atoms with Crippen molar-refractivity contribution in [2.45, 2.75) is 4.90 Å². The maximum Gasteiger partial charge on any atom is 0.338 e. The molecule has 0 aliphatic rings. The third-order valence-corrected chi connectivity index (χ3v) is 6.09. The molecule has 0 saturated carbocycles. The van der Waals surface area contributed by atoms with Gasteiger partial charge in [0.1, 0.15) is 5.75 Å². The van der Waals surface area contributed by atoms with Gasteiger partial charge in [0.05, 0.1) is 16.1 Å². The van der Waals surface area contributed by atoms with Crippen LogP contribution in [0.25, 0.3) is 0 Å². The van der Waals surface area contributed by atoms with Crippen LogP contribution >= 0.6 is 0 Å². The molecule has 0 bridgehead atoms. The number of anilines is 2. The van der Waals surface area contributed by atoms with Crippen molar-refractivity contribution >= 4 is 33.3 Å². The first-order valence-electron chi connectivity index (χ1n) is 9.17. The van der Waals surface area contributed by atoms with Crippen LogP contribution < -0.4 is 9.62 Å². The van der Waals surface area contributed by atoms with Crippen LogP contribution in [0.4, 0.5) is 11.4 Å². The Morgan fingerprint density at radius 2 is 1.68 bits per heavy atom. The monoisotopic (exact) mass is 440 g/mol. The number of hydrogen-bond acceptors (Lipinski definition) is 6. The van der Waals surface area contributed by atoms with E-state index in [1.165, 1.54) is 55.6 Å². The number of carbonyl (C=O) groups is 2. The topological polar surface area (TPSA) is 113 Å². The molecule has 3 aromatic carbocycles. The molecule has 0 unspecified atom stereocenters. The van der Waals surface area contributed by atoms with E-state index in [4.69, 9.17) is 4.74 Å². The number of benzene rings is 3. The van der Waals surface area contributed by atoms with Crippen LogP contribution in [0.3, 0.4) is 0 Å². The second kappa shape index (κ2) is 9.31. The average molecular weight is 440 g/mol. The van der Waals surface area contributed by atoms with Gasteiger partial charge in [-0.25, -0.2) is 13.2 Å². The Kier molecular flexibility index (Phi) is 6.56. The van der Waals surface area contributed by atoms with E-state index >= 15 is 0 Å². The molecule has 31 heavy (non-hydrogen) atoms. The average Bonchev–Trinajstić information content (AvgIpc) is 2.77. The van der Waals surface area contributed by atoms with Gasteiger partial charge in [-0.1, -0.05) is 30.3 Å². The fraction of sp³-hybridized carbons (Fsp3) is 0.0909. The molecule has 160 valence electrons. The molecule has 3 rings (SSSR count). The number of nitrogens with one attached hydrogen (secondary N) is 1. The Morgan fingerprint density at radius 3 is 2.39 bits per heavy atom. The molecule has 9 heteroatoms. The van der Waals surface area contributed by atoms with Crippen molar-refractivity contribution in [3.63, 3.8) is 0 Å². The summed E-state index contributed by atoms with van der Waals surface area (Å²) in [7, 11) is -2.40. The highest BCUT2D eigenvalue weighted by Gasteiger charge is 2.21. The van der Waals surface area contributed by atoms with Gasteiger partial charge in [-0.3, -0.25) is 9.10 Å². The van der Waals surface area contributed by atoms with E-state index in [0.717, 1.165) is 4.31 Å². The number of nitrogens with zero attached hydrogens (tertiary/aromatic N) is 1. The molecule has 3 aromatic rings. The summed E-state index contributed by atoms with van der Waals surface area (Å²) in [6.07, 6.45) is 0. The second-order valence-electron chi connectivity index (χ2n) is 6.51. The van der Waals surface area contributed by atoms with Gasteiger partial charge in [-0.2, -0.15) is 0 Å². The summed E-state index contributed by atoms with van der Waals surface area (Å²) in [6, 6.07) is 19.9. The van der Waals surface area contributed by atoms with Crippen LogP contribution in [0.15, 0.2) is 83.8 Å². The van der Waals surface area contributed by atoms with Gasteiger partial charge in [-0.05, 0) is 48.5 Å². The van der Waals surface area contributed by atoms with Crippen molar-refractivity contribution in [1.29, 1.82) is 0 Å². The van der Waals surface area contributed by atoms with Gasteiger partial charge < -0.3 is 15.2 Å². The summed E-state index contributed by atoms with van der Waals surface area (Å²) in [6.45, 7) is -0.574. The zero-order chi connectivity index (χ0) is 22.4. The normalized spacial score (nSPS) is 10.9. The first-order chi connectivity index (χ1) is 14.8. The van der Waals surface area contributed by atoms with Crippen LogP contribution in [0, 0.1) is 0 Å². The number of carbonyl (C=O) groups excluding carboxylic acids is 2. The molecule has 0 radical (unpaired) electrons. The smallest absolute Gasteiger partial charge is 0.338 e. The van der Waals surface area contributed by atoms with Gasteiger partial charge in [-0.15, -0.1) is 0 Å². The fourth-order valence-corrected chi connectivity index (χ4v) is 3.96. The first-order valence-corrected chi connectivity index (χ1v) is 10.6. The molecule has 0 aliphatic carbocycles. The van der Waals surface area contributed by atoms with Crippen molar-refractivity contribution in [2.75, 3.05) is 23.3 Å². The van der Waals surface area contributed by atoms with Crippen LogP contribution in [0.1, 0.15) is 10.4 Å². The predicted molar refractivity (Wildman–Crippen MR) is 115 cm³/mol. The van der Waals surface area contributed by atoms with Crippen molar-refractivity contribution in [3.8, 4) is 5.75 Å². The lowest BCUT2D eigenvalue weighted by molar-refractivity contribution is -0.119. The molecule has 0 aromatic heterocycles. The molecule has 0 spiro atoms. The molecular formula is C22H20N2O6S. The second-order valence-corrected chi connectivity index (χ2v) is 8.48. The lowest BCUT2D eigenvalue weighted by Gasteiger charge is -2.19. The number of ether oxygens (including phenoxy) is 1. The number of para-hydroxylation sites is 1.